The summed E-state index contributed by atoms with van der Waals surface area (Å²) < 4.78 is 25.3. The van der Waals surface area contributed by atoms with Crippen LogP contribution in [0.15, 0.2) is 99.2 Å². The molecule has 0 radical (unpaired) electrons. The lowest BCUT2D eigenvalue weighted by Crippen LogP contribution is -2.20. The van der Waals surface area contributed by atoms with Gasteiger partial charge in [0.1, 0.15) is 17.9 Å². The zero-order valence-corrected chi connectivity index (χ0v) is 25.2. The van der Waals surface area contributed by atoms with Crippen molar-refractivity contribution in [3.8, 4) is 34.9 Å². The third-order valence-electron chi connectivity index (χ3n) is 6.80. The number of nitrogens with zero attached hydrogens (tertiary/aromatic N) is 4. The summed E-state index contributed by atoms with van der Waals surface area (Å²) in [5.74, 6) is 2.28. The molecule has 0 saturated heterocycles. The van der Waals surface area contributed by atoms with Crippen LogP contribution in [0.4, 0.5) is 0 Å². The van der Waals surface area contributed by atoms with Crippen LogP contribution in [-0.2, 0) is 6.61 Å². The molecule has 0 aliphatic carbocycles. The minimum absolute atomic E-state index is 0.202. The molecular weight excluding hydrogens is 659 g/mol. The maximum atomic E-state index is 13.7. The lowest BCUT2D eigenvalue weighted by molar-refractivity contribution is 0.282. The molecule has 6 rings (SSSR count). The molecular formula is C33H23IN4O5. The van der Waals surface area contributed by atoms with Crippen molar-refractivity contribution in [1.29, 1.82) is 5.26 Å². The lowest BCUT2D eigenvalue weighted by atomic mass is 10.1. The van der Waals surface area contributed by atoms with E-state index in [0.29, 0.717) is 50.6 Å². The van der Waals surface area contributed by atoms with Gasteiger partial charge in [0.2, 0.25) is 5.82 Å². The van der Waals surface area contributed by atoms with E-state index in [0.717, 1.165) is 14.5 Å². The Kier molecular flexibility index (Phi) is 7.81. The van der Waals surface area contributed by atoms with E-state index < -0.39 is 0 Å². The standard InChI is InChI=1S/C33H23IN4O5/c1-40-27-12-7-13-28-24(27)16-30(43-28)32-37-26-11-6-5-10-23(26)33(39)38(32)36-18-20-14-25(34)31(29(15-20)41-2)42-19-22-9-4-3-8-21(22)17-35/h3-16,18H,19H2,1-2H3. The first-order valence-electron chi connectivity index (χ1n) is 13.1. The summed E-state index contributed by atoms with van der Waals surface area (Å²) in [7, 11) is 3.14. The summed E-state index contributed by atoms with van der Waals surface area (Å²) in [6.07, 6.45) is 1.56. The van der Waals surface area contributed by atoms with Crippen LogP contribution >= 0.6 is 22.6 Å². The molecule has 0 fully saturated rings. The predicted octanol–water partition coefficient (Wildman–Crippen LogP) is 6.76. The molecule has 0 saturated carbocycles. The second-order valence-corrected chi connectivity index (χ2v) is 10.6. The van der Waals surface area contributed by atoms with E-state index in [2.05, 4.69) is 33.8 Å². The second-order valence-electron chi connectivity index (χ2n) is 9.39. The fourth-order valence-electron chi connectivity index (χ4n) is 4.70. The van der Waals surface area contributed by atoms with Crippen LogP contribution in [0.2, 0.25) is 0 Å². The average molecular weight is 682 g/mol. The topological polar surface area (TPSA) is 112 Å². The van der Waals surface area contributed by atoms with Gasteiger partial charge in [-0.15, -0.1) is 0 Å². The summed E-state index contributed by atoms with van der Waals surface area (Å²) in [5, 5.41) is 15.1. The summed E-state index contributed by atoms with van der Waals surface area (Å²) in [4.78, 5) is 18.4. The Morgan fingerprint density at radius 3 is 2.58 bits per heavy atom. The summed E-state index contributed by atoms with van der Waals surface area (Å²) in [5.41, 5.74) is 2.77. The van der Waals surface area contributed by atoms with Crippen LogP contribution in [-0.4, -0.2) is 30.1 Å². The van der Waals surface area contributed by atoms with Gasteiger partial charge in [0, 0.05) is 5.56 Å². The normalized spacial score (nSPS) is 11.2. The molecule has 0 N–H and O–H groups in total. The summed E-state index contributed by atoms with van der Waals surface area (Å²) in [6.45, 7) is 0.202. The number of rotatable bonds is 8. The van der Waals surface area contributed by atoms with Crippen LogP contribution in [0.25, 0.3) is 33.5 Å². The predicted molar refractivity (Wildman–Crippen MR) is 172 cm³/mol. The smallest absolute Gasteiger partial charge is 0.282 e. The average Bonchev–Trinajstić information content (AvgIpc) is 3.48. The first-order chi connectivity index (χ1) is 21.0. The highest BCUT2D eigenvalue weighted by Crippen LogP contribution is 2.35. The Bertz CT molecular complexity index is 2130. The van der Waals surface area contributed by atoms with E-state index >= 15 is 0 Å². The van der Waals surface area contributed by atoms with E-state index in [1.54, 1.807) is 56.8 Å². The van der Waals surface area contributed by atoms with Crippen molar-refractivity contribution >= 4 is 50.7 Å². The number of aromatic nitrogens is 2. The summed E-state index contributed by atoms with van der Waals surface area (Å²) >= 11 is 2.16. The van der Waals surface area contributed by atoms with Crippen LogP contribution in [0.5, 0.6) is 17.2 Å². The fraction of sp³-hybridized carbons (Fsp3) is 0.0909. The number of furan rings is 1. The van der Waals surface area contributed by atoms with Gasteiger partial charge in [-0.05, 0) is 76.7 Å². The third kappa shape index (κ3) is 5.42. The van der Waals surface area contributed by atoms with Gasteiger partial charge in [0.05, 0.1) is 51.9 Å². The van der Waals surface area contributed by atoms with Gasteiger partial charge in [-0.25, -0.2) is 4.98 Å². The highest BCUT2D eigenvalue weighted by molar-refractivity contribution is 14.1. The van der Waals surface area contributed by atoms with Crippen molar-refractivity contribution in [3.63, 3.8) is 0 Å². The molecule has 9 nitrogen and oxygen atoms in total. The lowest BCUT2D eigenvalue weighted by Gasteiger charge is -2.14. The van der Waals surface area contributed by atoms with Crippen LogP contribution in [0.1, 0.15) is 16.7 Å². The van der Waals surface area contributed by atoms with E-state index in [1.165, 1.54) is 4.68 Å². The molecule has 10 heteroatoms. The third-order valence-corrected chi connectivity index (χ3v) is 7.60. The number of halogens is 1. The Hall–Kier alpha value is -5.15. The number of nitriles is 1. The van der Waals surface area contributed by atoms with Gasteiger partial charge >= 0.3 is 0 Å². The minimum Gasteiger partial charge on any atom is -0.496 e. The Morgan fingerprint density at radius 2 is 1.77 bits per heavy atom. The molecule has 0 atom stereocenters. The van der Waals surface area contributed by atoms with Crippen LogP contribution in [0.3, 0.4) is 0 Å². The molecule has 0 aliphatic rings. The highest BCUT2D eigenvalue weighted by Gasteiger charge is 2.18. The molecule has 0 unspecified atom stereocenters. The Morgan fingerprint density at radius 1 is 0.977 bits per heavy atom. The monoisotopic (exact) mass is 682 g/mol. The summed E-state index contributed by atoms with van der Waals surface area (Å²) in [6, 6.07) is 27.5. The van der Waals surface area contributed by atoms with Crippen molar-refractivity contribution in [3.05, 3.63) is 116 Å². The van der Waals surface area contributed by atoms with Crippen molar-refractivity contribution in [2.24, 2.45) is 5.10 Å². The van der Waals surface area contributed by atoms with E-state index in [1.807, 2.05) is 48.5 Å². The van der Waals surface area contributed by atoms with Gasteiger partial charge in [-0.2, -0.15) is 15.0 Å². The SMILES string of the molecule is COc1cc(C=Nn2c(-c3cc4c(OC)cccc4o3)nc3ccccc3c2=O)cc(I)c1OCc1ccccc1C#N. The van der Waals surface area contributed by atoms with E-state index in [4.69, 9.17) is 23.6 Å². The van der Waals surface area contributed by atoms with E-state index in [9.17, 15) is 10.1 Å². The van der Waals surface area contributed by atoms with Gasteiger partial charge in [-0.3, -0.25) is 4.79 Å². The molecule has 2 heterocycles. The Labute approximate surface area is 259 Å². The van der Waals surface area contributed by atoms with Gasteiger partial charge in [0.25, 0.3) is 5.56 Å². The van der Waals surface area contributed by atoms with Crippen molar-refractivity contribution in [2.75, 3.05) is 14.2 Å². The number of benzene rings is 4. The number of methoxy groups -OCH3 is 2. The molecule has 2 aromatic heterocycles. The number of fused-ring (bicyclic) bond motifs is 2. The van der Waals surface area contributed by atoms with Gasteiger partial charge < -0.3 is 18.6 Å². The Balaban J connectivity index is 1.40. The van der Waals surface area contributed by atoms with Crippen LogP contribution < -0.4 is 19.8 Å². The number of para-hydroxylation sites is 1. The van der Waals surface area contributed by atoms with Crippen molar-refractivity contribution < 1.29 is 18.6 Å². The molecule has 6 aromatic rings. The zero-order valence-electron chi connectivity index (χ0n) is 23.1. The maximum Gasteiger partial charge on any atom is 0.282 e. The maximum absolute atomic E-state index is 13.7. The molecule has 0 spiro atoms. The molecule has 0 bridgehead atoms. The van der Waals surface area contributed by atoms with Crippen molar-refractivity contribution in [2.45, 2.75) is 6.61 Å². The number of hydrogen-bond donors (Lipinski definition) is 0. The molecule has 0 amide bonds. The largest absolute Gasteiger partial charge is 0.496 e. The van der Waals surface area contributed by atoms with Gasteiger partial charge in [0.15, 0.2) is 17.3 Å². The number of hydrogen-bond acceptors (Lipinski definition) is 8. The first-order valence-corrected chi connectivity index (χ1v) is 14.2. The first kappa shape index (κ1) is 28.0. The zero-order chi connectivity index (χ0) is 29.9. The minimum atomic E-state index is -0.345. The number of ether oxygens (including phenoxy) is 3. The second kappa shape index (κ2) is 12.0. The molecule has 0 aliphatic heterocycles. The molecule has 43 heavy (non-hydrogen) atoms. The van der Waals surface area contributed by atoms with E-state index in [-0.39, 0.29) is 18.0 Å². The molecule has 212 valence electrons. The quantitative estimate of drug-likeness (QED) is 0.129. The molecule has 4 aromatic carbocycles. The van der Waals surface area contributed by atoms with Gasteiger partial charge in [-0.1, -0.05) is 36.4 Å². The fourth-order valence-corrected chi connectivity index (χ4v) is 5.48. The van der Waals surface area contributed by atoms with Crippen molar-refractivity contribution in [1.82, 2.24) is 9.66 Å². The highest BCUT2D eigenvalue weighted by atomic mass is 127. The van der Waals surface area contributed by atoms with Crippen LogP contribution in [0, 0.1) is 14.9 Å².